The molecule has 0 radical (unpaired) electrons. The molecule has 0 saturated heterocycles. The Balaban J connectivity index is 1.82. The van der Waals surface area contributed by atoms with Crippen LogP contribution in [0.5, 0.6) is 0 Å². The number of aldehydes is 1. The Morgan fingerprint density at radius 1 is 1.00 bits per heavy atom. The highest BCUT2D eigenvalue weighted by atomic mass is 16.1. The normalized spacial score (nSPS) is 12.4. The van der Waals surface area contributed by atoms with E-state index in [2.05, 4.69) is 53.6 Å². The van der Waals surface area contributed by atoms with E-state index in [-0.39, 0.29) is 5.92 Å². The summed E-state index contributed by atoms with van der Waals surface area (Å²) in [5, 5.41) is 1.23. The fraction of sp³-hybridized carbons (Fsp3) is 0.211. The molecule has 0 aliphatic carbocycles. The number of aromatic amines is 1. The van der Waals surface area contributed by atoms with Gasteiger partial charge in [-0.15, -0.1) is 0 Å². The van der Waals surface area contributed by atoms with Gasteiger partial charge in [0, 0.05) is 23.5 Å². The minimum atomic E-state index is 0.277. The van der Waals surface area contributed by atoms with Crippen molar-refractivity contribution in [2.24, 2.45) is 0 Å². The van der Waals surface area contributed by atoms with Crippen molar-refractivity contribution in [3.05, 3.63) is 71.9 Å². The predicted octanol–water partition coefficient (Wildman–Crippen LogP) is 4.47. The molecular weight excluding hydrogens is 258 g/mol. The van der Waals surface area contributed by atoms with Gasteiger partial charge in [0.15, 0.2) is 0 Å². The summed E-state index contributed by atoms with van der Waals surface area (Å²) in [6.45, 7) is 0. The Morgan fingerprint density at radius 2 is 1.76 bits per heavy atom. The lowest BCUT2D eigenvalue weighted by molar-refractivity contribution is -0.108. The number of nitrogens with one attached hydrogen (secondary N) is 1. The van der Waals surface area contributed by atoms with E-state index >= 15 is 0 Å². The highest BCUT2D eigenvalue weighted by Gasteiger charge is 2.15. The molecule has 0 unspecified atom stereocenters. The molecule has 106 valence electrons. The summed E-state index contributed by atoms with van der Waals surface area (Å²) < 4.78 is 0. The van der Waals surface area contributed by atoms with Crippen LogP contribution in [0.15, 0.2) is 60.8 Å². The Labute approximate surface area is 124 Å². The van der Waals surface area contributed by atoms with Gasteiger partial charge in [-0.3, -0.25) is 0 Å². The van der Waals surface area contributed by atoms with Gasteiger partial charge >= 0.3 is 0 Å². The Hall–Kier alpha value is -2.35. The van der Waals surface area contributed by atoms with Crippen LogP contribution in [-0.4, -0.2) is 11.3 Å². The molecule has 0 fully saturated rings. The van der Waals surface area contributed by atoms with Crippen LogP contribution in [-0.2, 0) is 11.2 Å². The molecule has 0 aliphatic heterocycles. The maximum atomic E-state index is 11.0. The standard InChI is InChI=1S/C19H19NO/c21-13-12-16(11-10-15-6-2-1-3-7-15)18-14-20-19-9-5-4-8-17(18)19/h1-9,13-14,16,20H,10-12H2/t16-/m0/s1. The fourth-order valence-corrected chi connectivity index (χ4v) is 2.93. The van der Waals surface area contributed by atoms with E-state index in [9.17, 15) is 4.79 Å². The van der Waals surface area contributed by atoms with Crippen molar-refractivity contribution < 1.29 is 4.79 Å². The third-order valence-corrected chi connectivity index (χ3v) is 4.07. The van der Waals surface area contributed by atoms with Crippen LogP contribution in [0.25, 0.3) is 10.9 Å². The maximum absolute atomic E-state index is 11.0. The Morgan fingerprint density at radius 3 is 2.57 bits per heavy atom. The minimum absolute atomic E-state index is 0.277. The number of aryl methyl sites for hydroxylation is 1. The molecule has 2 nitrogen and oxygen atoms in total. The largest absolute Gasteiger partial charge is 0.361 e. The van der Waals surface area contributed by atoms with E-state index in [1.54, 1.807) is 0 Å². The summed E-state index contributed by atoms with van der Waals surface area (Å²) in [5.41, 5.74) is 3.73. The van der Waals surface area contributed by atoms with Gasteiger partial charge < -0.3 is 9.78 Å². The van der Waals surface area contributed by atoms with Crippen LogP contribution in [0.4, 0.5) is 0 Å². The van der Waals surface area contributed by atoms with Gasteiger partial charge in [-0.25, -0.2) is 0 Å². The van der Waals surface area contributed by atoms with Crippen molar-refractivity contribution in [1.29, 1.82) is 0 Å². The third kappa shape index (κ3) is 3.05. The van der Waals surface area contributed by atoms with E-state index in [1.165, 1.54) is 16.5 Å². The smallest absolute Gasteiger partial charge is 0.120 e. The molecule has 1 atom stereocenters. The second kappa shape index (κ2) is 6.40. The SMILES string of the molecule is O=CC[C@H](CCc1ccccc1)c1c[nH]c2ccccc12. The summed E-state index contributed by atoms with van der Waals surface area (Å²) in [6.07, 6.45) is 5.67. The van der Waals surface area contributed by atoms with Crippen LogP contribution in [0.1, 0.15) is 29.9 Å². The van der Waals surface area contributed by atoms with Crippen molar-refractivity contribution in [1.82, 2.24) is 4.98 Å². The van der Waals surface area contributed by atoms with Gasteiger partial charge in [0.05, 0.1) is 0 Å². The first-order valence-corrected chi connectivity index (χ1v) is 7.42. The van der Waals surface area contributed by atoms with Crippen LogP contribution < -0.4 is 0 Å². The fourth-order valence-electron chi connectivity index (χ4n) is 2.93. The quantitative estimate of drug-likeness (QED) is 0.662. The van der Waals surface area contributed by atoms with Gasteiger partial charge in [-0.2, -0.15) is 0 Å². The van der Waals surface area contributed by atoms with Gasteiger partial charge in [-0.05, 0) is 36.0 Å². The first-order chi connectivity index (χ1) is 10.4. The summed E-state index contributed by atoms with van der Waals surface area (Å²) >= 11 is 0. The number of hydrogen-bond donors (Lipinski definition) is 1. The van der Waals surface area contributed by atoms with Crippen molar-refractivity contribution in [2.45, 2.75) is 25.2 Å². The second-order valence-corrected chi connectivity index (χ2v) is 5.41. The van der Waals surface area contributed by atoms with Crippen molar-refractivity contribution in [3.63, 3.8) is 0 Å². The maximum Gasteiger partial charge on any atom is 0.120 e. The number of benzene rings is 2. The zero-order chi connectivity index (χ0) is 14.5. The molecule has 3 aromatic rings. The van der Waals surface area contributed by atoms with Gasteiger partial charge in [0.2, 0.25) is 0 Å². The van der Waals surface area contributed by atoms with Crippen molar-refractivity contribution in [2.75, 3.05) is 0 Å². The topological polar surface area (TPSA) is 32.9 Å². The highest BCUT2D eigenvalue weighted by molar-refractivity contribution is 5.84. The molecule has 3 rings (SSSR count). The lowest BCUT2D eigenvalue weighted by Gasteiger charge is -2.13. The van der Waals surface area contributed by atoms with Gasteiger partial charge in [-0.1, -0.05) is 48.5 Å². The molecule has 0 aliphatic rings. The van der Waals surface area contributed by atoms with Crippen LogP contribution in [0.3, 0.4) is 0 Å². The van der Waals surface area contributed by atoms with Gasteiger partial charge in [0.1, 0.15) is 6.29 Å². The number of fused-ring (bicyclic) bond motifs is 1. The second-order valence-electron chi connectivity index (χ2n) is 5.41. The number of hydrogen-bond acceptors (Lipinski definition) is 1. The average Bonchev–Trinajstić information content (AvgIpc) is 2.96. The van der Waals surface area contributed by atoms with E-state index < -0.39 is 0 Å². The molecular formula is C19H19NO. The average molecular weight is 277 g/mol. The Kier molecular flexibility index (Phi) is 4.15. The lowest BCUT2D eigenvalue weighted by Crippen LogP contribution is -2.01. The third-order valence-electron chi connectivity index (χ3n) is 4.07. The molecule has 0 saturated carbocycles. The number of rotatable bonds is 6. The number of carbonyl (C=O) groups excluding carboxylic acids is 1. The van der Waals surface area contributed by atoms with Crippen LogP contribution in [0.2, 0.25) is 0 Å². The molecule has 2 aromatic carbocycles. The summed E-state index contributed by atoms with van der Waals surface area (Å²) in [5.74, 6) is 0.277. The van der Waals surface area contributed by atoms with E-state index in [0.717, 1.165) is 24.6 Å². The molecule has 1 heterocycles. The predicted molar refractivity (Wildman–Crippen MR) is 86.5 cm³/mol. The number of para-hydroxylation sites is 1. The number of H-pyrrole nitrogens is 1. The molecule has 21 heavy (non-hydrogen) atoms. The zero-order valence-corrected chi connectivity index (χ0v) is 12.0. The molecule has 0 amide bonds. The minimum Gasteiger partial charge on any atom is -0.361 e. The summed E-state index contributed by atoms with van der Waals surface area (Å²) in [7, 11) is 0. The van der Waals surface area contributed by atoms with Crippen LogP contribution in [0, 0.1) is 0 Å². The first-order valence-electron chi connectivity index (χ1n) is 7.42. The van der Waals surface area contributed by atoms with Crippen molar-refractivity contribution >= 4 is 17.2 Å². The van der Waals surface area contributed by atoms with Crippen LogP contribution >= 0.6 is 0 Å². The molecule has 0 spiro atoms. The van der Waals surface area contributed by atoms with E-state index in [1.807, 2.05) is 12.1 Å². The Bertz CT molecular complexity index is 715. The lowest BCUT2D eigenvalue weighted by atomic mass is 9.90. The molecule has 2 heteroatoms. The molecule has 1 aromatic heterocycles. The van der Waals surface area contributed by atoms with Crippen molar-refractivity contribution in [3.8, 4) is 0 Å². The summed E-state index contributed by atoms with van der Waals surface area (Å²) in [6, 6.07) is 18.7. The number of carbonyl (C=O) groups is 1. The highest BCUT2D eigenvalue weighted by Crippen LogP contribution is 2.30. The first kappa shape index (κ1) is 13.6. The van der Waals surface area contributed by atoms with E-state index in [0.29, 0.717) is 6.42 Å². The molecule has 0 bridgehead atoms. The van der Waals surface area contributed by atoms with Gasteiger partial charge in [0.25, 0.3) is 0 Å². The summed E-state index contributed by atoms with van der Waals surface area (Å²) in [4.78, 5) is 14.4. The molecule has 1 N–H and O–H groups in total. The zero-order valence-electron chi connectivity index (χ0n) is 12.0. The number of aromatic nitrogens is 1. The monoisotopic (exact) mass is 277 g/mol. The van der Waals surface area contributed by atoms with E-state index in [4.69, 9.17) is 0 Å².